The molecule has 1 unspecified atom stereocenters. The Labute approximate surface area is 121 Å². The van der Waals surface area contributed by atoms with E-state index in [2.05, 4.69) is 21.2 Å². The van der Waals surface area contributed by atoms with Gasteiger partial charge in [0.25, 0.3) is 5.91 Å². The number of alkyl halides is 1. The predicted octanol–water partition coefficient (Wildman–Crippen LogP) is 2.25. The molecular weight excluding hydrogens is 310 g/mol. The molecule has 5 heteroatoms. The van der Waals surface area contributed by atoms with Gasteiger partial charge in [-0.3, -0.25) is 4.79 Å². The summed E-state index contributed by atoms with van der Waals surface area (Å²) in [5.41, 5.74) is 2.96. The number of carbonyl (C=O) groups is 1. The molecular formula is C14H18BrNO3. The van der Waals surface area contributed by atoms with Gasteiger partial charge in [-0.1, -0.05) is 22.0 Å². The molecule has 1 aromatic carbocycles. The molecule has 2 rings (SSSR count). The summed E-state index contributed by atoms with van der Waals surface area (Å²) in [5, 5.41) is 3.82. The molecule has 0 fully saturated rings. The number of rotatable bonds is 6. The van der Waals surface area contributed by atoms with E-state index in [4.69, 9.17) is 9.47 Å². The summed E-state index contributed by atoms with van der Waals surface area (Å²) in [6.45, 7) is 1.76. The Morgan fingerprint density at radius 2 is 2.26 bits per heavy atom. The molecule has 104 valence electrons. The first-order chi connectivity index (χ1) is 9.24. The Hall–Kier alpha value is -0.910. The number of methoxy groups -OCH3 is 1. The van der Waals surface area contributed by atoms with Gasteiger partial charge in [0.2, 0.25) is 0 Å². The van der Waals surface area contributed by atoms with Crippen molar-refractivity contribution in [2.45, 2.75) is 25.7 Å². The molecule has 0 spiro atoms. The molecule has 1 aliphatic heterocycles. The fourth-order valence-corrected chi connectivity index (χ4v) is 2.66. The van der Waals surface area contributed by atoms with Gasteiger partial charge in [-0.25, -0.2) is 0 Å². The Balaban J connectivity index is 2.02. The van der Waals surface area contributed by atoms with Crippen LogP contribution in [0.5, 0.6) is 0 Å². The number of benzene rings is 1. The van der Waals surface area contributed by atoms with Crippen molar-refractivity contribution in [3.05, 3.63) is 34.9 Å². The van der Waals surface area contributed by atoms with Crippen LogP contribution in [0, 0.1) is 0 Å². The van der Waals surface area contributed by atoms with Crippen LogP contribution < -0.4 is 5.32 Å². The minimum absolute atomic E-state index is 0.0291. The number of fused-ring (bicyclic) bond motifs is 1. The van der Waals surface area contributed by atoms with Gasteiger partial charge in [-0.05, 0) is 29.7 Å². The van der Waals surface area contributed by atoms with E-state index in [0.29, 0.717) is 25.4 Å². The van der Waals surface area contributed by atoms with Crippen LogP contribution in [0.25, 0.3) is 0 Å². The van der Waals surface area contributed by atoms with E-state index in [1.165, 1.54) is 5.56 Å². The second-order valence-corrected chi connectivity index (χ2v) is 5.37. The predicted molar refractivity (Wildman–Crippen MR) is 76.5 cm³/mol. The number of hydrogen-bond acceptors (Lipinski definition) is 3. The number of hydrogen-bond donors (Lipinski definition) is 1. The minimum atomic E-state index is -0.0577. The van der Waals surface area contributed by atoms with Crippen molar-refractivity contribution in [2.24, 2.45) is 0 Å². The molecule has 0 saturated heterocycles. The Kier molecular flexibility index (Phi) is 5.36. The third kappa shape index (κ3) is 3.78. The van der Waals surface area contributed by atoms with Gasteiger partial charge < -0.3 is 14.8 Å². The van der Waals surface area contributed by atoms with Crippen LogP contribution in [0.2, 0.25) is 0 Å². The van der Waals surface area contributed by atoms with Gasteiger partial charge in [0, 0.05) is 18.0 Å². The van der Waals surface area contributed by atoms with Crippen LogP contribution >= 0.6 is 15.9 Å². The number of ether oxygens (including phenoxy) is 2. The first-order valence-corrected chi connectivity index (χ1v) is 7.42. The quantitative estimate of drug-likeness (QED) is 0.815. The van der Waals surface area contributed by atoms with Gasteiger partial charge in [0.1, 0.15) is 0 Å². The van der Waals surface area contributed by atoms with Crippen molar-refractivity contribution in [2.75, 3.05) is 19.0 Å². The fourth-order valence-electron chi connectivity index (χ4n) is 2.11. The number of nitrogens with one attached hydrogen (secondary N) is 1. The molecule has 0 aromatic heterocycles. The fraction of sp³-hybridized carbons (Fsp3) is 0.500. The zero-order chi connectivity index (χ0) is 13.7. The Morgan fingerprint density at radius 3 is 3.00 bits per heavy atom. The van der Waals surface area contributed by atoms with Crippen LogP contribution in [0.4, 0.5) is 0 Å². The molecule has 19 heavy (non-hydrogen) atoms. The van der Waals surface area contributed by atoms with Crippen LogP contribution in [0.1, 0.15) is 27.9 Å². The van der Waals surface area contributed by atoms with Crippen molar-refractivity contribution in [1.29, 1.82) is 0 Å². The number of halogens is 1. The molecule has 1 N–H and O–H groups in total. The summed E-state index contributed by atoms with van der Waals surface area (Å²) in [4.78, 5) is 12.2. The van der Waals surface area contributed by atoms with E-state index in [1.54, 1.807) is 7.11 Å². The van der Waals surface area contributed by atoms with Crippen molar-refractivity contribution in [3.8, 4) is 0 Å². The summed E-state index contributed by atoms with van der Waals surface area (Å²) < 4.78 is 10.5. The molecule has 0 radical (unpaired) electrons. The van der Waals surface area contributed by atoms with Crippen LogP contribution in [0.3, 0.4) is 0 Å². The normalized spacial score (nSPS) is 15.1. The monoisotopic (exact) mass is 327 g/mol. The van der Waals surface area contributed by atoms with Gasteiger partial charge in [-0.2, -0.15) is 0 Å². The summed E-state index contributed by atoms with van der Waals surface area (Å²) >= 11 is 3.38. The summed E-state index contributed by atoms with van der Waals surface area (Å²) in [6.07, 6.45) is 0.841. The Morgan fingerprint density at radius 1 is 1.47 bits per heavy atom. The van der Waals surface area contributed by atoms with E-state index < -0.39 is 0 Å². The highest BCUT2D eigenvalue weighted by Crippen LogP contribution is 2.20. The van der Waals surface area contributed by atoms with Crippen molar-refractivity contribution in [3.63, 3.8) is 0 Å². The maximum atomic E-state index is 12.2. The molecule has 1 aliphatic rings. The summed E-state index contributed by atoms with van der Waals surface area (Å²) in [6, 6.07) is 5.75. The standard InChI is InChI=1S/C14H18BrNO3/c1-18-9-13(4-5-15)16-14(17)10-2-3-11-7-19-8-12(11)6-10/h2-3,6,13H,4-5,7-9H2,1H3,(H,16,17). The summed E-state index contributed by atoms with van der Waals surface area (Å²) in [5.74, 6) is -0.0577. The topological polar surface area (TPSA) is 47.6 Å². The number of carbonyl (C=O) groups excluding carboxylic acids is 1. The highest BCUT2D eigenvalue weighted by atomic mass is 79.9. The van der Waals surface area contributed by atoms with Crippen LogP contribution in [0.15, 0.2) is 18.2 Å². The molecule has 1 atom stereocenters. The largest absolute Gasteiger partial charge is 0.383 e. The highest BCUT2D eigenvalue weighted by molar-refractivity contribution is 9.09. The maximum Gasteiger partial charge on any atom is 0.251 e. The van der Waals surface area contributed by atoms with E-state index in [0.717, 1.165) is 17.3 Å². The van der Waals surface area contributed by atoms with E-state index >= 15 is 0 Å². The smallest absolute Gasteiger partial charge is 0.251 e. The highest BCUT2D eigenvalue weighted by Gasteiger charge is 2.16. The van der Waals surface area contributed by atoms with Crippen LogP contribution in [-0.4, -0.2) is 31.0 Å². The number of amides is 1. The average Bonchev–Trinajstić information content (AvgIpc) is 2.86. The average molecular weight is 328 g/mol. The van der Waals surface area contributed by atoms with Crippen LogP contribution in [-0.2, 0) is 22.7 Å². The second-order valence-electron chi connectivity index (χ2n) is 4.58. The zero-order valence-corrected chi connectivity index (χ0v) is 12.5. The summed E-state index contributed by atoms with van der Waals surface area (Å²) in [7, 11) is 1.64. The van der Waals surface area contributed by atoms with Crippen molar-refractivity contribution >= 4 is 21.8 Å². The van der Waals surface area contributed by atoms with Gasteiger partial charge in [0.05, 0.1) is 25.9 Å². The van der Waals surface area contributed by atoms with E-state index in [-0.39, 0.29) is 11.9 Å². The molecule has 1 aromatic rings. The lowest BCUT2D eigenvalue weighted by Gasteiger charge is -2.17. The molecule has 1 amide bonds. The lowest BCUT2D eigenvalue weighted by molar-refractivity contribution is 0.0895. The second kappa shape index (κ2) is 7.03. The van der Waals surface area contributed by atoms with E-state index in [9.17, 15) is 4.79 Å². The molecule has 4 nitrogen and oxygen atoms in total. The molecule has 0 aliphatic carbocycles. The lowest BCUT2D eigenvalue weighted by atomic mass is 10.1. The lowest BCUT2D eigenvalue weighted by Crippen LogP contribution is -2.38. The minimum Gasteiger partial charge on any atom is -0.383 e. The third-order valence-electron chi connectivity index (χ3n) is 3.14. The van der Waals surface area contributed by atoms with E-state index in [1.807, 2.05) is 18.2 Å². The van der Waals surface area contributed by atoms with Crippen molar-refractivity contribution in [1.82, 2.24) is 5.32 Å². The van der Waals surface area contributed by atoms with Gasteiger partial charge in [0.15, 0.2) is 0 Å². The van der Waals surface area contributed by atoms with Crippen molar-refractivity contribution < 1.29 is 14.3 Å². The molecule has 1 heterocycles. The van der Waals surface area contributed by atoms with Gasteiger partial charge in [-0.15, -0.1) is 0 Å². The molecule has 0 bridgehead atoms. The zero-order valence-electron chi connectivity index (χ0n) is 10.9. The Bertz CT molecular complexity index is 444. The first-order valence-electron chi connectivity index (χ1n) is 6.30. The van der Waals surface area contributed by atoms with Gasteiger partial charge >= 0.3 is 0 Å². The maximum absolute atomic E-state index is 12.2. The SMILES string of the molecule is COCC(CCBr)NC(=O)c1ccc2c(c1)COC2. The first kappa shape index (κ1) is 14.5. The molecule has 0 saturated carbocycles. The third-order valence-corrected chi connectivity index (χ3v) is 3.60.